The molecule has 0 aromatic heterocycles. The van der Waals surface area contributed by atoms with E-state index in [2.05, 4.69) is 15.6 Å². The van der Waals surface area contributed by atoms with Crippen LogP contribution in [0.2, 0.25) is 0 Å². The van der Waals surface area contributed by atoms with Gasteiger partial charge in [0, 0.05) is 6.54 Å². The van der Waals surface area contributed by atoms with Gasteiger partial charge >= 0.3 is 12.1 Å². The molecule has 0 fully saturated rings. The molecular weight excluding hydrogens is 354 g/mol. The average Bonchev–Trinajstić information content (AvgIpc) is 2.48. The number of hydrogen-bond acceptors (Lipinski definition) is 3. The first kappa shape index (κ1) is 21.7. The largest absolute Gasteiger partial charge is 0.459 e. The summed E-state index contributed by atoms with van der Waals surface area (Å²) in [5, 5.41) is 5.51. The van der Waals surface area contributed by atoms with Crippen molar-refractivity contribution in [2.75, 3.05) is 13.1 Å². The molecule has 9 heteroatoms. The van der Waals surface area contributed by atoms with Crippen LogP contribution in [0.25, 0.3) is 0 Å². The third kappa shape index (κ3) is 7.71. The van der Waals surface area contributed by atoms with Gasteiger partial charge in [-0.25, -0.2) is 9.38 Å². The normalized spacial score (nSPS) is 12.7. The van der Waals surface area contributed by atoms with Gasteiger partial charge in [0.25, 0.3) is 0 Å². The number of aliphatic imine (C=N–C) groups is 1. The molecule has 0 atom stereocenters. The Morgan fingerprint density at radius 2 is 1.85 bits per heavy atom. The summed E-state index contributed by atoms with van der Waals surface area (Å²) in [6.07, 6.45) is -4.69. The number of nitrogens with one attached hydrogen (secondary N) is 2. The average molecular weight is 377 g/mol. The van der Waals surface area contributed by atoms with E-state index in [-0.39, 0.29) is 24.6 Å². The number of guanidine groups is 1. The minimum absolute atomic E-state index is 0.149. The molecule has 1 rings (SSSR count). The van der Waals surface area contributed by atoms with E-state index in [1.807, 2.05) is 0 Å². The molecule has 5 nitrogen and oxygen atoms in total. The quantitative estimate of drug-likeness (QED) is 0.358. The fraction of sp³-hybridized carbons (Fsp3) is 0.529. The summed E-state index contributed by atoms with van der Waals surface area (Å²) >= 11 is 0. The van der Waals surface area contributed by atoms with E-state index in [9.17, 15) is 22.4 Å². The van der Waals surface area contributed by atoms with E-state index in [0.717, 1.165) is 12.1 Å². The fourth-order valence-electron chi connectivity index (χ4n) is 1.99. The van der Waals surface area contributed by atoms with Crippen LogP contribution < -0.4 is 10.6 Å². The molecule has 2 N–H and O–H groups in total. The summed E-state index contributed by atoms with van der Waals surface area (Å²) in [4.78, 5) is 15.7. The van der Waals surface area contributed by atoms with E-state index < -0.39 is 29.1 Å². The minimum Gasteiger partial charge on any atom is -0.459 e. The molecule has 0 heterocycles. The van der Waals surface area contributed by atoms with Crippen LogP contribution >= 0.6 is 0 Å². The number of ether oxygens (including phenoxy) is 1. The van der Waals surface area contributed by atoms with E-state index in [0.29, 0.717) is 12.6 Å². The Kier molecular flexibility index (Phi) is 7.41. The van der Waals surface area contributed by atoms with Gasteiger partial charge in [-0.1, -0.05) is 6.07 Å². The van der Waals surface area contributed by atoms with Crippen molar-refractivity contribution < 1.29 is 27.1 Å². The number of hydrogen-bond donors (Lipinski definition) is 2. The van der Waals surface area contributed by atoms with Crippen molar-refractivity contribution >= 4 is 11.9 Å². The number of carbonyl (C=O) groups is 1. The summed E-state index contributed by atoms with van der Waals surface area (Å²) in [7, 11) is 0. The first-order valence-electron chi connectivity index (χ1n) is 8.02. The number of alkyl halides is 3. The molecule has 0 unspecified atom stereocenters. The predicted molar refractivity (Wildman–Crippen MR) is 90.1 cm³/mol. The van der Waals surface area contributed by atoms with Crippen LogP contribution in [-0.4, -0.2) is 30.6 Å². The lowest BCUT2D eigenvalue weighted by atomic mass is 10.1. The highest BCUT2D eigenvalue weighted by Crippen LogP contribution is 2.32. The van der Waals surface area contributed by atoms with E-state index >= 15 is 0 Å². The number of esters is 1. The maximum absolute atomic E-state index is 13.1. The second kappa shape index (κ2) is 8.86. The van der Waals surface area contributed by atoms with Crippen LogP contribution in [0.1, 0.15) is 38.8 Å². The number of rotatable bonds is 5. The van der Waals surface area contributed by atoms with Crippen LogP contribution in [0.4, 0.5) is 17.6 Å². The van der Waals surface area contributed by atoms with Gasteiger partial charge in [0.15, 0.2) is 5.96 Å². The van der Waals surface area contributed by atoms with Gasteiger partial charge in [-0.3, -0.25) is 4.79 Å². The first-order chi connectivity index (χ1) is 11.9. The lowest BCUT2D eigenvalue weighted by Crippen LogP contribution is -2.41. The highest BCUT2D eigenvalue weighted by molar-refractivity contribution is 5.84. The SMILES string of the molecule is CCNC(=NCc1ccc(F)cc1C(F)(F)F)NCC(=O)OC(C)(C)C. The molecule has 146 valence electrons. The number of carbonyl (C=O) groups excluding carboxylic acids is 1. The smallest absolute Gasteiger partial charge is 0.416 e. The van der Waals surface area contributed by atoms with Crippen molar-refractivity contribution in [3.05, 3.63) is 35.1 Å². The van der Waals surface area contributed by atoms with Gasteiger partial charge in [0.1, 0.15) is 18.0 Å². The van der Waals surface area contributed by atoms with Gasteiger partial charge in [0.05, 0.1) is 12.1 Å². The highest BCUT2D eigenvalue weighted by atomic mass is 19.4. The first-order valence-corrected chi connectivity index (χ1v) is 8.02. The van der Waals surface area contributed by atoms with Crippen molar-refractivity contribution in [3.63, 3.8) is 0 Å². The second-order valence-electron chi connectivity index (χ2n) is 6.43. The molecule has 0 aliphatic carbocycles. The fourth-order valence-corrected chi connectivity index (χ4v) is 1.99. The van der Waals surface area contributed by atoms with Gasteiger partial charge in [-0.05, 0) is 45.4 Å². The van der Waals surface area contributed by atoms with Crippen LogP contribution in [0.15, 0.2) is 23.2 Å². The lowest BCUT2D eigenvalue weighted by molar-refractivity contribution is -0.153. The number of halogens is 4. The van der Waals surface area contributed by atoms with Crippen LogP contribution in [0, 0.1) is 5.82 Å². The zero-order valence-electron chi connectivity index (χ0n) is 15.1. The maximum atomic E-state index is 13.1. The zero-order valence-corrected chi connectivity index (χ0v) is 15.1. The summed E-state index contributed by atoms with van der Waals surface area (Å²) in [5.74, 6) is -1.35. The molecular formula is C17H23F4N3O2. The Morgan fingerprint density at radius 3 is 2.38 bits per heavy atom. The van der Waals surface area contributed by atoms with Crippen LogP contribution in [-0.2, 0) is 22.3 Å². The Bertz CT molecular complexity index is 652. The summed E-state index contributed by atoms with van der Waals surface area (Å²) < 4.78 is 57.3. The third-order valence-electron chi connectivity index (χ3n) is 2.95. The molecule has 26 heavy (non-hydrogen) atoms. The van der Waals surface area contributed by atoms with Crippen molar-refractivity contribution in [1.29, 1.82) is 0 Å². The zero-order chi connectivity index (χ0) is 20.0. The van der Waals surface area contributed by atoms with Gasteiger partial charge < -0.3 is 15.4 Å². The van der Waals surface area contributed by atoms with Crippen LogP contribution in [0.3, 0.4) is 0 Å². The standard InChI is InChI=1S/C17H23F4N3O2/c1-5-22-15(24-10-14(25)26-16(2,3)4)23-9-11-6-7-12(18)8-13(11)17(19,20)21/h6-8H,5,9-10H2,1-4H3,(H2,22,23,24). The van der Waals surface area contributed by atoms with E-state index in [1.165, 1.54) is 0 Å². The molecule has 0 radical (unpaired) electrons. The van der Waals surface area contributed by atoms with Crippen molar-refractivity contribution in [1.82, 2.24) is 10.6 Å². The molecule has 0 bridgehead atoms. The van der Waals surface area contributed by atoms with Crippen molar-refractivity contribution in [2.45, 2.75) is 46.0 Å². The van der Waals surface area contributed by atoms with Gasteiger partial charge in [0.2, 0.25) is 0 Å². The number of nitrogens with zero attached hydrogens (tertiary/aromatic N) is 1. The molecule has 0 aliphatic heterocycles. The Hall–Kier alpha value is -2.32. The summed E-state index contributed by atoms with van der Waals surface area (Å²) in [5.41, 5.74) is -1.90. The Balaban J connectivity index is 2.86. The molecule has 1 aromatic rings. The van der Waals surface area contributed by atoms with Gasteiger partial charge in [-0.2, -0.15) is 13.2 Å². The predicted octanol–water partition coefficient (Wildman–Crippen LogP) is 3.24. The third-order valence-corrected chi connectivity index (χ3v) is 2.95. The second-order valence-corrected chi connectivity index (χ2v) is 6.43. The molecule has 0 amide bonds. The topological polar surface area (TPSA) is 62.7 Å². The summed E-state index contributed by atoms with van der Waals surface area (Å²) in [6.45, 7) is 6.84. The van der Waals surface area contributed by atoms with E-state index in [4.69, 9.17) is 4.74 Å². The Labute approximate surface area is 149 Å². The van der Waals surface area contributed by atoms with Crippen LogP contribution in [0.5, 0.6) is 0 Å². The minimum atomic E-state index is -4.69. The summed E-state index contributed by atoms with van der Waals surface area (Å²) in [6, 6.07) is 2.42. The van der Waals surface area contributed by atoms with Crippen molar-refractivity contribution in [2.24, 2.45) is 4.99 Å². The van der Waals surface area contributed by atoms with E-state index in [1.54, 1.807) is 27.7 Å². The monoisotopic (exact) mass is 377 g/mol. The Morgan fingerprint density at radius 1 is 1.19 bits per heavy atom. The molecule has 0 spiro atoms. The van der Waals surface area contributed by atoms with Crippen molar-refractivity contribution in [3.8, 4) is 0 Å². The maximum Gasteiger partial charge on any atom is 0.416 e. The number of benzene rings is 1. The molecule has 0 saturated heterocycles. The lowest BCUT2D eigenvalue weighted by Gasteiger charge is -2.20. The van der Waals surface area contributed by atoms with Gasteiger partial charge in [-0.15, -0.1) is 0 Å². The molecule has 0 aliphatic rings. The highest BCUT2D eigenvalue weighted by Gasteiger charge is 2.33. The molecule has 0 saturated carbocycles. The molecule has 1 aromatic carbocycles.